The lowest BCUT2D eigenvalue weighted by Crippen LogP contribution is -2.58. The van der Waals surface area contributed by atoms with Crippen molar-refractivity contribution in [3.63, 3.8) is 0 Å². The highest BCUT2D eigenvalue weighted by Gasteiger charge is 2.44. The average Bonchev–Trinajstić information content (AvgIpc) is 3.04. The molecular formula is C18H29N5O2. The molecule has 1 aromatic rings. The van der Waals surface area contributed by atoms with Crippen molar-refractivity contribution in [3.05, 3.63) is 24.5 Å². The van der Waals surface area contributed by atoms with E-state index in [1.165, 1.54) is 0 Å². The van der Waals surface area contributed by atoms with E-state index in [0.717, 1.165) is 32.5 Å². The number of fused-ring (bicyclic) bond motifs is 3. The Kier molecular flexibility index (Phi) is 4.97. The number of amides is 1. The first-order valence-corrected chi connectivity index (χ1v) is 9.02. The molecule has 2 bridgehead atoms. The minimum Gasteiger partial charge on any atom is -0.384 e. The third kappa shape index (κ3) is 3.77. The number of carbonyl (C=O) groups excluding carboxylic acids is 1. The van der Waals surface area contributed by atoms with Crippen LogP contribution >= 0.6 is 0 Å². The number of rotatable bonds is 6. The van der Waals surface area contributed by atoms with Crippen LogP contribution in [0.4, 0.5) is 0 Å². The van der Waals surface area contributed by atoms with Crippen molar-refractivity contribution in [2.24, 2.45) is 11.8 Å². The molecule has 3 aliphatic heterocycles. The van der Waals surface area contributed by atoms with Crippen LogP contribution in [0.3, 0.4) is 0 Å². The molecule has 0 saturated carbocycles. The summed E-state index contributed by atoms with van der Waals surface area (Å²) in [7, 11) is 1.85. The lowest BCUT2D eigenvalue weighted by atomic mass is 9.75. The molecule has 4 heterocycles. The Hall–Kier alpha value is -1.73. The molecule has 4 rings (SSSR count). The Bertz CT molecular complexity index is 636. The summed E-state index contributed by atoms with van der Waals surface area (Å²) in [6.45, 7) is 10.4. The highest BCUT2D eigenvalue weighted by molar-refractivity contribution is 5.79. The second-order valence-electron chi connectivity index (χ2n) is 7.93. The summed E-state index contributed by atoms with van der Waals surface area (Å²) >= 11 is 0. The van der Waals surface area contributed by atoms with Crippen LogP contribution in [0.5, 0.6) is 0 Å². The van der Waals surface area contributed by atoms with Gasteiger partial charge in [0.15, 0.2) is 0 Å². The van der Waals surface area contributed by atoms with E-state index >= 15 is 0 Å². The Labute approximate surface area is 149 Å². The number of aromatic nitrogens is 3. The van der Waals surface area contributed by atoms with Gasteiger partial charge in [-0.2, -0.15) is 0 Å². The van der Waals surface area contributed by atoms with Crippen LogP contribution < -0.4 is 0 Å². The standard InChI is InChI=1S/C18H29N5O2/c1-5-7-21(4)17(24)15-11-22-8-6-13(15)9-14(22)10-23-12-16(19-20-23)18(2,3)25/h5,12-15,25H,1,6-11H2,2-4H3/t13?,14-,15+/m1/s1. The lowest BCUT2D eigenvalue weighted by Gasteiger charge is -2.49. The first-order chi connectivity index (χ1) is 11.8. The van der Waals surface area contributed by atoms with Gasteiger partial charge in [0, 0.05) is 26.2 Å². The maximum Gasteiger partial charge on any atom is 0.227 e. The zero-order chi connectivity index (χ0) is 18.2. The van der Waals surface area contributed by atoms with Gasteiger partial charge in [0.25, 0.3) is 0 Å². The number of piperidine rings is 3. The van der Waals surface area contributed by atoms with E-state index in [0.29, 0.717) is 24.2 Å². The fourth-order valence-corrected chi connectivity index (χ4v) is 4.06. The second kappa shape index (κ2) is 6.88. The topological polar surface area (TPSA) is 74.5 Å². The third-order valence-electron chi connectivity index (χ3n) is 5.54. The molecule has 3 saturated heterocycles. The Balaban J connectivity index is 1.63. The third-order valence-corrected chi connectivity index (χ3v) is 5.54. The number of likely N-dealkylation sites (N-methyl/N-ethyl adjacent to an activating group) is 1. The van der Waals surface area contributed by atoms with Crippen LogP contribution in [0.2, 0.25) is 0 Å². The molecular weight excluding hydrogens is 318 g/mol. The maximum absolute atomic E-state index is 12.7. The smallest absolute Gasteiger partial charge is 0.227 e. The number of carbonyl (C=O) groups is 1. The van der Waals surface area contributed by atoms with Crippen LogP contribution in [0.15, 0.2) is 18.9 Å². The fourth-order valence-electron chi connectivity index (χ4n) is 4.06. The maximum atomic E-state index is 12.7. The first-order valence-electron chi connectivity index (χ1n) is 9.02. The number of hydrogen-bond donors (Lipinski definition) is 1. The van der Waals surface area contributed by atoms with Gasteiger partial charge in [0.05, 0.1) is 18.7 Å². The summed E-state index contributed by atoms with van der Waals surface area (Å²) in [4.78, 5) is 16.8. The van der Waals surface area contributed by atoms with E-state index in [9.17, 15) is 9.90 Å². The van der Waals surface area contributed by atoms with Crippen molar-refractivity contribution in [3.8, 4) is 0 Å². The van der Waals surface area contributed by atoms with Gasteiger partial charge in [-0.1, -0.05) is 11.3 Å². The SMILES string of the molecule is C=CCN(C)C(=O)[C@H]1CN2CCC1C[C@@H]2Cn1cc(C(C)(C)O)nn1. The molecule has 1 N–H and O–H groups in total. The first kappa shape index (κ1) is 18.1. The average molecular weight is 347 g/mol. The van der Waals surface area contributed by atoms with Gasteiger partial charge < -0.3 is 10.0 Å². The molecule has 0 spiro atoms. The molecule has 2 unspecified atom stereocenters. The van der Waals surface area contributed by atoms with Crippen molar-refractivity contribution in [1.82, 2.24) is 24.8 Å². The molecule has 0 aromatic carbocycles. The van der Waals surface area contributed by atoms with Crippen molar-refractivity contribution in [1.29, 1.82) is 0 Å². The van der Waals surface area contributed by atoms with E-state index in [2.05, 4.69) is 21.8 Å². The van der Waals surface area contributed by atoms with E-state index in [-0.39, 0.29) is 11.8 Å². The summed E-state index contributed by atoms with van der Waals surface area (Å²) in [5, 5.41) is 18.3. The molecule has 0 radical (unpaired) electrons. The van der Waals surface area contributed by atoms with Gasteiger partial charge in [-0.25, -0.2) is 0 Å². The van der Waals surface area contributed by atoms with Crippen LogP contribution in [0, 0.1) is 11.8 Å². The minimum atomic E-state index is -0.975. The van der Waals surface area contributed by atoms with E-state index in [1.807, 2.05) is 17.9 Å². The summed E-state index contributed by atoms with van der Waals surface area (Å²) in [5.74, 6) is 0.766. The summed E-state index contributed by atoms with van der Waals surface area (Å²) < 4.78 is 1.82. The van der Waals surface area contributed by atoms with Gasteiger partial charge in [-0.3, -0.25) is 14.4 Å². The molecule has 0 aliphatic carbocycles. The molecule has 1 amide bonds. The van der Waals surface area contributed by atoms with Gasteiger partial charge in [0.2, 0.25) is 5.91 Å². The molecule has 25 heavy (non-hydrogen) atoms. The van der Waals surface area contributed by atoms with E-state index in [1.54, 1.807) is 24.8 Å². The van der Waals surface area contributed by atoms with E-state index in [4.69, 9.17) is 0 Å². The Morgan fingerprint density at radius 2 is 2.32 bits per heavy atom. The normalized spacial score (nSPS) is 28.8. The van der Waals surface area contributed by atoms with Crippen LogP contribution in [-0.2, 0) is 16.9 Å². The summed E-state index contributed by atoms with van der Waals surface area (Å²) in [6, 6.07) is 0.379. The van der Waals surface area contributed by atoms with Crippen molar-refractivity contribution < 1.29 is 9.90 Å². The van der Waals surface area contributed by atoms with Crippen LogP contribution in [0.25, 0.3) is 0 Å². The molecule has 7 heteroatoms. The number of aliphatic hydroxyl groups is 1. The molecule has 7 nitrogen and oxygen atoms in total. The molecule has 3 fully saturated rings. The minimum absolute atomic E-state index is 0.0950. The molecule has 1 aromatic heterocycles. The molecule has 138 valence electrons. The molecule has 3 aliphatic rings. The van der Waals surface area contributed by atoms with Crippen molar-refractivity contribution in [2.45, 2.75) is 44.9 Å². The van der Waals surface area contributed by atoms with Crippen LogP contribution in [0.1, 0.15) is 32.4 Å². The molecule has 4 atom stereocenters. The van der Waals surface area contributed by atoms with Crippen molar-refractivity contribution in [2.75, 3.05) is 26.7 Å². The van der Waals surface area contributed by atoms with Crippen molar-refractivity contribution >= 4 is 5.91 Å². The fraction of sp³-hybridized carbons (Fsp3) is 0.722. The Morgan fingerprint density at radius 1 is 1.56 bits per heavy atom. The second-order valence-corrected chi connectivity index (χ2v) is 7.93. The lowest BCUT2D eigenvalue weighted by molar-refractivity contribution is -0.142. The van der Waals surface area contributed by atoms with Gasteiger partial charge in [-0.05, 0) is 39.2 Å². The number of hydrogen-bond acceptors (Lipinski definition) is 5. The zero-order valence-electron chi connectivity index (χ0n) is 15.4. The summed E-state index contributed by atoms with van der Waals surface area (Å²) in [6.07, 6.45) is 5.69. The quantitative estimate of drug-likeness (QED) is 0.773. The predicted molar refractivity (Wildman–Crippen MR) is 94.7 cm³/mol. The zero-order valence-corrected chi connectivity index (χ0v) is 15.4. The Morgan fingerprint density at radius 3 is 2.88 bits per heavy atom. The summed E-state index contributed by atoms with van der Waals surface area (Å²) in [5.41, 5.74) is -0.389. The van der Waals surface area contributed by atoms with Gasteiger partial charge in [0.1, 0.15) is 11.3 Å². The highest BCUT2D eigenvalue weighted by Crippen LogP contribution is 2.37. The largest absolute Gasteiger partial charge is 0.384 e. The number of nitrogens with zero attached hydrogens (tertiary/aromatic N) is 5. The monoisotopic (exact) mass is 347 g/mol. The highest BCUT2D eigenvalue weighted by atomic mass is 16.3. The predicted octanol–water partition coefficient (Wildman–Crippen LogP) is 0.860. The van der Waals surface area contributed by atoms with E-state index < -0.39 is 5.60 Å². The van der Waals surface area contributed by atoms with Gasteiger partial charge in [-0.15, -0.1) is 11.7 Å². The van der Waals surface area contributed by atoms with Gasteiger partial charge >= 0.3 is 0 Å². The van der Waals surface area contributed by atoms with Crippen LogP contribution in [-0.4, -0.2) is 68.5 Å².